The Morgan fingerprint density at radius 2 is 2.00 bits per heavy atom. The molecular formula is C18H25ClN4O3. The number of nitrogens with one attached hydrogen (secondary N) is 3. The van der Waals surface area contributed by atoms with E-state index in [0.717, 1.165) is 6.42 Å². The molecular weight excluding hydrogens is 356 g/mol. The summed E-state index contributed by atoms with van der Waals surface area (Å²) in [5, 5.41) is 8.36. The average Bonchev–Trinajstić information content (AvgIpc) is 2.99. The first-order valence-corrected chi connectivity index (χ1v) is 9.11. The Balaban J connectivity index is 1.93. The molecule has 4 amide bonds. The van der Waals surface area contributed by atoms with Crippen LogP contribution in [0.25, 0.3) is 0 Å². The number of halogens is 1. The molecule has 1 heterocycles. The van der Waals surface area contributed by atoms with Crippen LogP contribution in [0, 0.1) is 5.92 Å². The monoisotopic (exact) mass is 380 g/mol. The van der Waals surface area contributed by atoms with Gasteiger partial charge in [-0.3, -0.25) is 14.9 Å². The van der Waals surface area contributed by atoms with Gasteiger partial charge in [0.15, 0.2) is 0 Å². The molecule has 1 aliphatic heterocycles. The number of carbonyl (C=O) groups is 3. The second kappa shape index (κ2) is 8.89. The van der Waals surface area contributed by atoms with Crippen LogP contribution in [-0.4, -0.2) is 37.0 Å². The molecule has 3 N–H and O–H groups in total. The van der Waals surface area contributed by atoms with Gasteiger partial charge in [-0.25, -0.2) is 4.79 Å². The molecule has 0 radical (unpaired) electrons. The number of hydrogen-bond acceptors (Lipinski definition) is 4. The van der Waals surface area contributed by atoms with Gasteiger partial charge in [0.05, 0.1) is 10.7 Å². The summed E-state index contributed by atoms with van der Waals surface area (Å²) < 4.78 is 0. The number of amides is 4. The summed E-state index contributed by atoms with van der Waals surface area (Å²) in [6, 6.07) is 4.04. The molecule has 7 nitrogen and oxygen atoms in total. The Morgan fingerprint density at radius 3 is 2.58 bits per heavy atom. The smallest absolute Gasteiger partial charge is 0.321 e. The van der Waals surface area contributed by atoms with Crippen molar-refractivity contribution in [3.63, 3.8) is 0 Å². The summed E-state index contributed by atoms with van der Waals surface area (Å²) in [6.45, 7) is 6.74. The van der Waals surface area contributed by atoms with Crippen molar-refractivity contribution in [3.8, 4) is 0 Å². The van der Waals surface area contributed by atoms with Crippen LogP contribution < -0.4 is 20.9 Å². The zero-order chi connectivity index (χ0) is 19.3. The molecule has 26 heavy (non-hydrogen) atoms. The summed E-state index contributed by atoms with van der Waals surface area (Å²) in [5.74, 6) is -0.0801. The summed E-state index contributed by atoms with van der Waals surface area (Å²) >= 11 is 6.29. The average molecular weight is 381 g/mol. The molecule has 1 fully saturated rings. The van der Waals surface area contributed by atoms with Crippen LogP contribution in [0.2, 0.25) is 5.02 Å². The van der Waals surface area contributed by atoms with Crippen molar-refractivity contribution < 1.29 is 14.4 Å². The number of imide groups is 1. The minimum absolute atomic E-state index is 0.0627. The highest BCUT2D eigenvalue weighted by atomic mass is 35.5. The third-order valence-corrected chi connectivity index (χ3v) is 4.30. The molecule has 0 aromatic heterocycles. The number of anilines is 2. The van der Waals surface area contributed by atoms with Crippen molar-refractivity contribution in [3.05, 3.63) is 23.2 Å². The van der Waals surface area contributed by atoms with Crippen molar-refractivity contribution in [2.45, 2.75) is 39.7 Å². The number of carbonyl (C=O) groups excluding carboxylic acids is 3. The molecule has 1 aromatic rings. The second-order valence-corrected chi connectivity index (χ2v) is 7.18. The van der Waals surface area contributed by atoms with E-state index in [-0.39, 0.29) is 5.91 Å². The maximum Gasteiger partial charge on any atom is 0.321 e. The molecule has 0 aliphatic carbocycles. The van der Waals surface area contributed by atoms with Gasteiger partial charge in [0, 0.05) is 25.2 Å². The molecule has 1 saturated heterocycles. The van der Waals surface area contributed by atoms with E-state index in [4.69, 9.17) is 11.6 Å². The minimum atomic E-state index is -0.630. The first kappa shape index (κ1) is 20.0. The highest BCUT2D eigenvalue weighted by Crippen LogP contribution is 2.31. The van der Waals surface area contributed by atoms with E-state index < -0.39 is 18.0 Å². The molecule has 1 aromatic carbocycles. The third kappa shape index (κ3) is 5.36. The molecule has 8 heteroatoms. The van der Waals surface area contributed by atoms with Gasteiger partial charge in [0.2, 0.25) is 11.8 Å². The van der Waals surface area contributed by atoms with Crippen molar-refractivity contribution >= 4 is 40.8 Å². The van der Waals surface area contributed by atoms with E-state index in [0.29, 0.717) is 41.8 Å². The SMILES string of the molecule is CC(C)CNC(=O)NC(=O)C(C)Nc1ccc(N2CCCC2=O)c(Cl)c1. The Morgan fingerprint density at radius 1 is 1.27 bits per heavy atom. The minimum Gasteiger partial charge on any atom is -0.374 e. The van der Waals surface area contributed by atoms with E-state index in [1.807, 2.05) is 13.8 Å². The molecule has 1 aliphatic rings. The fourth-order valence-corrected chi connectivity index (χ4v) is 2.88. The van der Waals surface area contributed by atoms with E-state index in [1.165, 1.54) is 0 Å². The molecule has 1 atom stereocenters. The van der Waals surface area contributed by atoms with E-state index >= 15 is 0 Å². The van der Waals surface area contributed by atoms with Gasteiger partial charge in [-0.05, 0) is 37.5 Å². The maximum absolute atomic E-state index is 12.1. The molecule has 1 unspecified atom stereocenters. The number of rotatable bonds is 6. The van der Waals surface area contributed by atoms with Crippen molar-refractivity contribution in [1.82, 2.24) is 10.6 Å². The van der Waals surface area contributed by atoms with Crippen LogP contribution >= 0.6 is 11.6 Å². The maximum atomic E-state index is 12.1. The topological polar surface area (TPSA) is 90.5 Å². The first-order chi connectivity index (χ1) is 12.3. The summed E-state index contributed by atoms with van der Waals surface area (Å²) in [6.07, 6.45) is 1.36. The fraction of sp³-hybridized carbons (Fsp3) is 0.500. The van der Waals surface area contributed by atoms with Crippen molar-refractivity contribution in [1.29, 1.82) is 0 Å². The number of nitrogens with zero attached hydrogens (tertiary/aromatic N) is 1. The van der Waals surface area contributed by atoms with E-state index in [1.54, 1.807) is 30.0 Å². The lowest BCUT2D eigenvalue weighted by atomic mass is 10.2. The van der Waals surface area contributed by atoms with Gasteiger partial charge < -0.3 is 15.5 Å². The standard InChI is InChI=1S/C18H25ClN4O3/c1-11(2)10-20-18(26)22-17(25)12(3)21-13-6-7-15(14(19)9-13)23-8-4-5-16(23)24/h6-7,9,11-12,21H,4-5,8,10H2,1-3H3,(H2,20,22,25,26). The summed E-state index contributed by atoms with van der Waals surface area (Å²) in [7, 11) is 0. The predicted molar refractivity (Wildman–Crippen MR) is 103 cm³/mol. The Hall–Kier alpha value is -2.28. The fourth-order valence-electron chi connectivity index (χ4n) is 2.60. The number of hydrogen-bond donors (Lipinski definition) is 3. The summed E-state index contributed by atoms with van der Waals surface area (Å²) in [5.41, 5.74) is 1.31. The quantitative estimate of drug-likeness (QED) is 0.707. The first-order valence-electron chi connectivity index (χ1n) is 8.73. The number of benzene rings is 1. The van der Waals surface area contributed by atoms with Gasteiger partial charge in [-0.15, -0.1) is 0 Å². The van der Waals surface area contributed by atoms with E-state index in [9.17, 15) is 14.4 Å². The van der Waals surface area contributed by atoms with Crippen LogP contribution in [0.15, 0.2) is 18.2 Å². The van der Waals surface area contributed by atoms with Crippen LogP contribution in [0.1, 0.15) is 33.6 Å². The zero-order valence-electron chi connectivity index (χ0n) is 15.3. The lowest BCUT2D eigenvalue weighted by Crippen LogP contribution is -2.46. The highest BCUT2D eigenvalue weighted by Gasteiger charge is 2.24. The molecule has 2 rings (SSSR count). The lowest BCUT2D eigenvalue weighted by Gasteiger charge is -2.19. The third-order valence-electron chi connectivity index (χ3n) is 4.00. The van der Waals surface area contributed by atoms with Gasteiger partial charge in [0.25, 0.3) is 0 Å². The number of urea groups is 1. The normalized spacial score (nSPS) is 15.1. The molecule has 0 saturated carbocycles. The van der Waals surface area contributed by atoms with Gasteiger partial charge in [0.1, 0.15) is 6.04 Å². The van der Waals surface area contributed by atoms with Crippen LogP contribution in [0.5, 0.6) is 0 Å². The van der Waals surface area contributed by atoms with Crippen LogP contribution in [0.4, 0.5) is 16.2 Å². The Labute approximate surface area is 158 Å². The van der Waals surface area contributed by atoms with Gasteiger partial charge in [-0.2, -0.15) is 0 Å². The molecule has 0 bridgehead atoms. The predicted octanol–water partition coefficient (Wildman–Crippen LogP) is 2.75. The Bertz CT molecular complexity index is 693. The van der Waals surface area contributed by atoms with Crippen LogP contribution in [0.3, 0.4) is 0 Å². The van der Waals surface area contributed by atoms with Crippen molar-refractivity contribution in [2.24, 2.45) is 5.92 Å². The lowest BCUT2D eigenvalue weighted by molar-refractivity contribution is -0.120. The molecule has 142 valence electrons. The van der Waals surface area contributed by atoms with E-state index in [2.05, 4.69) is 16.0 Å². The second-order valence-electron chi connectivity index (χ2n) is 6.77. The zero-order valence-corrected chi connectivity index (χ0v) is 16.0. The van der Waals surface area contributed by atoms with Crippen LogP contribution in [-0.2, 0) is 9.59 Å². The summed E-state index contributed by atoms with van der Waals surface area (Å²) in [4.78, 5) is 37.3. The van der Waals surface area contributed by atoms with Gasteiger partial charge in [-0.1, -0.05) is 25.4 Å². The Kier molecular flexibility index (Phi) is 6.85. The largest absolute Gasteiger partial charge is 0.374 e. The van der Waals surface area contributed by atoms with Gasteiger partial charge >= 0.3 is 6.03 Å². The highest BCUT2D eigenvalue weighted by molar-refractivity contribution is 6.34. The molecule has 0 spiro atoms. The van der Waals surface area contributed by atoms with Crippen molar-refractivity contribution in [2.75, 3.05) is 23.3 Å².